The number of rotatable bonds is 4. The van der Waals surface area contributed by atoms with Crippen LogP contribution in [-0.4, -0.2) is 40.5 Å². The summed E-state index contributed by atoms with van der Waals surface area (Å²) in [5, 5.41) is 7.11. The fraction of sp³-hybridized carbons (Fsp3) is 0.400. The van der Waals surface area contributed by atoms with Crippen LogP contribution in [0.25, 0.3) is 21.3 Å². The van der Waals surface area contributed by atoms with Crippen LogP contribution in [0.1, 0.15) is 25.6 Å². The van der Waals surface area contributed by atoms with Gasteiger partial charge in [-0.25, -0.2) is 9.97 Å². The summed E-state index contributed by atoms with van der Waals surface area (Å²) in [6.45, 7) is 7.69. The summed E-state index contributed by atoms with van der Waals surface area (Å²) >= 11 is 1.70. The predicted molar refractivity (Wildman–Crippen MR) is 106 cm³/mol. The molecule has 0 saturated carbocycles. The van der Waals surface area contributed by atoms with E-state index in [2.05, 4.69) is 57.8 Å². The van der Waals surface area contributed by atoms with Gasteiger partial charge in [0.25, 0.3) is 0 Å². The molecule has 0 bridgehead atoms. The zero-order valence-electron chi connectivity index (χ0n) is 14.8. The molecule has 1 aliphatic rings. The highest BCUT2D eigenvalue weighted by molar-refractivity contribution is 7.17. The zero-order valence-corrected chi connectivity index (χ0v) is 15.6. The predicted octanol–water partition coefficient (Wildman–Crippen LogP) is 4.56. The summed E-state index contributed by atoms with van der Waals surface area (Å²) < 4.78 is 0. The number of benzene rings is 1. The van der Waals surface area contributed by atoms with E-state index in [0.29, 0.717) is 6.04 Å². The maximum absolute atomic E-state index is 4.76. The number of hydrogen-bond donors (Lipinski definition) is 1. The van der Waals surface area contributed by atoms with Crippen LogP contribution >= 0.6 is 11.3 Å². The molecule has 3 heterocycles. The smallest absolute Gasteiger partial charge is 0.139 e. The lowest BCUT2D eigenvalue weighted by Crippen LogP contribution is -2.39. The molecule has 1 saturated heterocycles. The molecule has 25 heavy (non-hydrogen) atoms. The van der Waals surface area contributed by atoms with Crippen molar-refractivity contribution in [1.29, 1.82) is 0 Å². The van der Waals surface area contributed by atoms with Crippen molar-refractivity contribution in [2.24, 2.45) is 0 Å². The highest BCUT2D eigenvalue weighted by Gasteiger charge is 2.21. The molecule has 4 rings (SSSR count). The van der Waals surface area contributed by atoms with E-state index >= 15 is 0 Å². The van der Waals surface area contributed by atoms with E-state index in [1.165, 1.54) is 29.4 Å². The van der Waals surface area contributed by atoms with Crippen LogP contribution in [0.5, 0.6) is 0 Å². The first-order chi connectivity index (χ1) is 12.2. The van der Waals surface area contributed by atoms with Crippen LogP contribution in [0.15, 0.2) is 35.7 Å². The quantitative estimate of drug-likeness (QED) is 0.747. The SMILES string of the molecule is CCN1CCC(Nc2nc(C)nc3scc(-c4ccccc4)c23)CC1. The van der Waals surface area contributed by atoms with E-state index in [9.17, 15) is 0 Å². The molecule has 0 spiro atoms. The van der Waals surface area contributed by atoms with Crippen LogP contribution in [0.4, 0.5) is 5.82 Å². The largest absolute Gasteiger partial charge is 0.367 e. The van der Waals surface area contributed by atoms with Gasteiger partial charge in [-0.1, -0.05) is 37.3 Å². The second-order valence-corrected chi connectivity index (χ2v) is 7.53. The second kappa shape index (κ2) is 7.10. The molecule has 130 valence electrons. The van der Waals surface area contributed by atoms with Crippen LogP contribution in [0.3, 0.4) is 0 Å². The topological polar surface area (TPSA) is 41.0 Å². The standard InChI is InChI=1S/C20H24N4S/c1-3-24-11-9-16(10-12-24)23-19-18-17(15-7-5-4-6-8-15)13-25-20(18)22-14(2)21-19/h4-8,13,16H,3,9-12H2,1-2H3,(H,21,22,23). The average molecular weight is 353 g/mol. The zero-order chi connectivity index (χ0) is 17.2. The lowest BCUT2D eigenvalue weighted by molar-refractivity contribution is 0.229. The number of hydrogen-bond acceptors (Lipinski definition) is 5. The van der Waals surface area contributed by atoms with Crippen LogP contribution in [0.2, 0.25) is 0 Å². The van der Waals surface area contributed by atoms with Crippen molar-refractivity contribution < 1.29 is 0 Å². The number of nitrogens with zero attached hydrogens (tertiary/aromatic N) is 3. The van der Waals surface area contributed by atoms with Gasteiger partial charge in [0.05, 0.1) is 5.39 Å². The number of aromatic nitrogens is 2. The summed E-state index contributed by atoms with van der Waals surface area (Å²) in [7, 11) is 0. The molecule has 1 aromatic carbocycles. The molecule has 1 aliphatic heterocycles. The summed E-state index contributed by atoms with van der Waals surface area (Å²) in [5.74, 6) is 1.83. The highest BCUT2D eigenvalue weighted by atomic mass is 32.1. The minimum absolute atomic E-state index is 0.490. The molecule has 0 amide bonds. The van der Waals surface area contributed by atoms with Crippen molar-refractivity contribution in [2.45, 2.75) is 32.7 Å². The third-order valence-corrected chi connectivity index (χ3v) is 5.88. The molecule has 0 atom stereocenters. The summed E-state index contributed by atoms with van der Waals surface area (Å²) in [4.78, 5) is 13.0. The van der Waals surface area contributed by atoms with Crippen LogP contribution in [-0.2, 0) is 0 Å². The molecule has 3 aromatic rings. The van der Waals surface area contributed by atoms with E-state index in [4.69, 9.17) is 4.98 Å². The minimum Gasteiger partial charge on any atom is -0.367 e. The number of aryl methyl sites for hydroxylation is 1. The number of anilines is 1. The molecule has 1 fully saturated rings. The van der Waals surface area contributed by atoms with Crippen molar-refractivity contribution in [3.8, 4) is 11.1 Å². The number of thiophene rings is 1. The molecular weight excluding hydrogens is 328 g/mol. The second-order valence-electron chi connectivity index (χ2n) is 6.67. The third-order valence-electron chi connectivity index (χ3n) is 5.01. The summed E-state index contributed by atoms with van der Waals surface area (Å²) in [5.41, 5.74) is 2.46. The Morgan fingerprint density at radius 2 is 1.92 bits per heavy atom. The van der Waals surface area contributed by atoms with Crippen LogP contribution in [0, 0.1) is 6.92 Å². The van der Waals surface area contributed by atoms with Crippen molar-refractivity contribution in [1.82, 2.24) is 14.9 Å². The van der Waals surface area contributed by atoms with Gasteiger partial charge in [0.2, 0.25) is 0 Å². The molecular formula is C20H24N4S. The fourth-order valence-corrected chi connectivity index (χ4v) is 4.56. The maximum atomic E-state index is 4.76. The first-order valence-electron chi connectivity index (χ1n) is 9.04. The van der Waals surface area contributed by atoms with Crippen molar-refractivity contribution >= 4 is 27.4 Å². The Labute approximate surface area is 152 Å². The maximum Gasteiger partial charge on any atom is 0.139 e. The first-order valence-corrected chi connectivity index (χ1v) is 9.92. The van der Waals surface area contributed by atoms with Crippen molar-refractivity contribution in [2.75, 3.05) is 25.0 Å². The fourth-order valence-electron chi connectivity index (χ4n) is 3.57. The van der Waals surface area contributed by atoms with Crippen molar-refractivity contribution in [3.05, 3.63) is 41.5 Å². The first kappa shape index (κ1) is 16.5. The van der Waals surface area contributed by atoms with Gasteiger partial charge < -0.3 is 10.2 Å². The highest BCUT2D eigenvalue weighted by Crippen LogP contribution is 2.37. The van der Waals surface area contributed by atoms with Gasteiger partial charge in [-0.05, 0) is 31.9 Å². The van der Waals surface area contributed by atoms with E-state index in [1.807, 2.05) is 6.92 Å². The van der Waals surface area contributed by atoms with Gasteiger partial charge in [0.15, 0.2) is 0 Å². The Kier molecular flexibility index (Phi) is 4.68. The van der Waals surface area contributed by atoms with Crippen molar-refractivity contribution in [3.63, 3.8) is 0 Å². The molecule has 4 nitrogen and oxygen atoms in total. The van der Waals surface area contributed by atoms with Gasteiger partial charge >= 0.3 is 0 Å². The van der Waals surface area contributed by atoms with E-state index in [0.717, 1.165) is 36.1 Å². The van der Waals surface area contributed by atoms with Gasteiger partial charge in [-0.2, -0.15) is 0 Å². The Balaban J connectivity index is 1.69. The summed E-state index contributed by atoms with van der Waals surface area (Å²) in [6.07, 6.45) is 2.34. The molecule has 2 aromatic heterocycles. The molecule has 0 unspecified atom stereocenters. The Bertz CT molecular complexity index is 851. The lowest BCUT2D eigenvalue weighted by atomic mass is 10.0. The number of piperidine rings is 1. The average Bonchev–Trinajstić information content (AvgIpc) is 3.07. The van der Waals surface area contributed by atoms with E-state index in [1.54, 1.807) is 11.3 Å². The number of likely N-dealkylation sites (tertiary alicyclic amines) is 1. The summed E-state index contributed by atoms with van der Waals surface area (Å²) in [6, 6.07) is 11.0. The van der Waals surface area contributed by atoms with Gasteiger partial charge in [0.1, 0.15) is 16.5 Å². The molecule has 0 aliphatic carbocycles. The van der Waals surface area contributed by atoms with E-state index < -0.39 is 0 Å². The van der Waals surface area contributed by atoms with Gasteiger partial charge in [-0.3, -0.25) is 0 Å². The molecule has 0 radical (unpaired) electrons. The van der Waals surface area contributed by atoms with Gasteiger partial charge in [0, 0.05) is 30.1 Å². The van der Waals surface area contributed by atoms with Gasteiger partial charge in [-0.15, -0.1) is 11.3 Å². The lowest BCUT2D eigenvalue weighted by Gasteiger charge is -2.31. The Hall–Kier alpha value is -1.98. The third kappa shape index (κ3) is 3.39. The normalized spacial score (nSPS) is 16.4. The Morgan fingerprint density at radius 1 is 1.16 bits per heavy atom. The Morgan fingerprint density at radius 3 is 2.64 bits per heavy atom. The molecule has 5 heteroatoms. The monoisotopic (exact) mass is 352 g/mol. The number of nitrogens with one attached hydrogen (secondary N) is 1. The van der Waals surface area contributed by atoms with E-state index in [-0.39, 0.29) is 0 Å². The van der Waals surface area contributed by atoms with Crippen LogP contribution < -0.4 is 5.32 Å². The number of fused-ring (bicyclic) bond motifs is 1. The molecule has 1 N–H and O–H groups in total. The minimum atomic E-state index is 0.490.